The maximum absolute atomic E-state index is 13.1. The third kappa shape index (κ3) is 3.86. The zero-order valence-electron chi connectivity index (χ0n) is 26.2. The summed E-state index contributed by atoms with van der Waals surface area (Å²) in [6.07, 6.45) is 6.80. The van der Waals surface area contributed by atoms with E-state index in [1.807, 2.05) is 13.1 Å². The molecule has 0 saturated heterocycles. The van der Waals surface area contributed by atoms with Crippen LogP contribution in [-0.2, 0) is 38.5 Å². The summed E-state index contributed by atoms with van der Waals surface area (Å²) in [5, 5.41) is 27.2. The summed E-state index contributed by atoms with van der Waals surface area (Å²) >= 11 is 0. The van der Waals surface area contributed by atoms with E-state index in [9.17, 15) is 15.2 Å². The highest BCUT2D eigenvalue weighted by Gasteiger charge is 2.28. The summed E-state index contributed by atoms with van der Waals surface area (Å²) in [7, 11) is 0. The quantitative estimate of drug-likeness (QED) is 0.149. The Bertz CT molecular complexity index is 2650. The number of rotatable bonds is 1. The molecule has 3 aliphatic carbocycles. The van der Waals surface area contributed by atoms with Crippen LogP contribution >= 0.6 is 0 Å². The summed E-state index contributed by atoms with van der Waals surface area (Å²) in [5.74, 6) is -0.306. The Labute approximate surface area is 273 Å². The van der Waals surface area contributed by atoms with Gasteiger partial charge in [0, 0.05) is 23.0 Å². The molecule has 0 saturated carbocycles. The van der Waals surface area contributed by atoms with Crippen LogP contribution in [0.3, 0.4) is 0 Å². The number of aromatic nitrogens is 6. The zero-order chi connectivity index (χ0) is 32.4. The number of hydrogen-bond acceptors (Lipinski definition) is 9. The van der Waals surface area contributed by atoms with Crippen LogP contribution in [0.15, 0.2) is 48.7 Å². The molecule has 0 spiro atoms. The lowest BCUT2D eigenvalue weighted by Gasteiger charge is -2.25. The number of hydrogen-bond donors (Lipinski definition) is 0. The van der Waals surface area contributed by atoms with Crippen molar-refractivity contribution in [1.29, 1.82) is 0 Å². The zero-order valence-corrected chi connectivity index (χ0v) is 26.2. The fraction of sp³-hybridized carbons (Fsp3) is 0.211. The van der Waals surface area contributed by atoms with Crippen LogP contribution in [0.5, 0.6) is 5.75 Å². The Kier molecular flexibility index (Phi) is 5.43. The second-order valence-electron chi connectivity index (χ2n) is 13.3. The van der Waals surface area contributed by atoms with Crippen molar-refractivity contribution in [2.24, 2.45) is 0 Å². The van der Waals surface area contributed by atoms with E-state index in [1.165, 1.54) is 22.8 Å². The minimum absolute atomic E-state index is 0.100. The molecular weight excluding hydrogens is 602 g/mol. The van der Waals surface area contributed by atoms with E-state index in [2.05, 4.69) is 35.3 Å². The molecule has 0 bridgehead atoms. The van der Waals surface area contributed by atoms with Gasteiger partial charge in [-0.05, 0) is 122 Å². The number of nitrogens with zero attached hydrogens (tertiary/aromatic N) is 7. The number of aryl methyl sites for hydroxylation is 8. The summed E-state index contributed by atoms with van der Waals surface area (Å²) in [5.41, 5.74) is 14.0. The third-order valence-electron chi connectivity index (χ3n) is 10.2. The predicted octanol–water partition coefficient (Wildman–Crippen LogP) is 6.41. The number of nitro groups is 1. The van der Waals surface area contributed by atoms with Crippen molar-refractivity contribution >= 4 is 38.7 Å². The summed E-state index contributed by atoms with van der Waals surface area (Å²) < 4.78 is 0. The number of pyridine rings is 6. The summed E-state index contributed by atoms with van der Waals surface area (Å²) in [6.45, 7) is 3.63. The molecule has 1 aromatic carbocycles. The topological polar surface area (TPSA) is 144 Å². The van der Waals surface area contributed by atoms with Gasteiger partial charge in [0.2, 0.25) is 0 Å². The Morgan fingerprint density at radius 2 is 1.06 bits per heavy atom. The van der Waals surface area contributed by atoms with Crippen molar-refractivity contribution in [2.45, 2.75) is 52.4 Å². The molecular formula is C38H26N7O3-. The first kappa shape index (κ1) is 27.2. The Morgan fingerprint density at radius 3 is 1.65 bits per heavy atom. The maximum atomic E-state index is 13.1. The molecule has 6 heterocycles. The predicted molar refractivity (Wildman–Crippen MR) is 180 cm³/mol. The second-order valence-corrected chi connectivity index (χ2v) is 13.3. The van der Waals surface area contributed by atoms with Crippen LogP contribution in [0, 0.1) is 24.0 Å². The lowest BCUT2D eigenvalue weighted by molar-refractivity contribution is -0.383. The Hall–Kier alpha value is -5.90. The molecule has 0 amide bonds. The fourth-order valence-corrected chi connectivity index (χ4v) is 7.80. The average Bonchev–Trinajstić information content (AvgIpc) is 3.09. The van der Waals surface area contributed by atoms with Crippen LogP contribution in [0.25, 0.3) is 67.1 Å². The monoisotopic (exact) mass is 628 g/mol. The van der Waals surface area contributed by atoms with Crippen molar-refractivity contribution in [3.05, 3.63) is 103 Å². The average molecular weight is 629 g/mol. The van der Waals surface area contributed by atoms with Crippen LogP contribution < -0.4 is 5.11 Å². The fourth-order valence-electron chi connectivity index (χ4n) is 7.80. The summed E-state index contributed by atoms with van der Waals surface area (Å²) in [6, 6.07) is 14.0. The van der Waals surface area contributed by atoms with E-state index >= 15 is 0 Å². The highest BCUT2D eigenvalue weighted by molar-refractivity contribution is 5.96. The molecule has 0 aliphatic heterocycles. The van der Waals surface area contributed by atoms with Crippen LogP contribution in [-0.4, -0.2) is 34.8 Å². The van der Waals surface area contributed by atoms with Gasteiger partial charge < -0.3 is 5.11 Å². The lowest BCUT2D eigenvalue weighted by atomic mass is 9.86. The smallest absolute Gasteiger partial charge is 0.278 e. The first-order valence-corrected chi connectivity index (χ1v) is 16.2. The molecule has 48 heavy (non-hydrogen) atoms. The molecule has 6 aromatic heterocycles. The number of fused-ring (bicyclic) bond motifs is 12. The largest absolute Gasteiger partial charge is 0.871 e. The molecule has 0 N–H and O–H groups in total. The molecule has 10 heteroatoms. The van der Waals surface area contributed by atoms with Crippen LogP contribution in [0.1, 0.15) is 44.5 Å². The maximum Gasteiger partial charge on any atom is 0.278 e. The molecule has 10 nitrogen and oxygen atoms in total. The van der Waals surface area contributed by atoms with E-state index in [1.54, 1.807) is 13.0 Å². The molecule has 0 atom stereocenters. The molecule has 3 aliphatic rings. The van der Waals surface area contributed by atoms with E-state index < -0.39 is 4.92 Å². The second kappa shape index (κ2) is 9.57. The van der Waals surface area contributed by atoms with Gasteiger partial charge in [-0.2, -0.15) is 0 Å². The SMILES string of the molecule is Cc1cnc2nc3c(cc2c1)CCc1cc2c(nc1-3)-c1nc3nc4c(cc3cc1CC2)CCc1cc2c([N+](=O)[O-])cc(C)c([O-])c2nc1-4. The standard InChI is InChI=1S/C38H27N7O3/c1-17-9-25-12-21-5-3-19-11-20-4-6-22-13-26-14-23-7-8-24-15-27-28(45(47)48)10-18(2)36(46)35(27)41-31(24)34(23)44-38(26)43-33(22)30(20)40-29(19)32(21)42-37(25)39-16-17/h9-16,46H,3-8H2,1-2H3/p-1. The first-order chi connectivity index (χ1) is 23.3. The minimum Gasteiger partial charge on any atom is -0.871 e. The van der Waals surface area contributed by atoms with Crippen molar-refractivity contribution in [3.8, 4) is 39.9 Å². The van der Waals surface area contributed by atoms with Gasteiger partial charge in [0.1, 0.15) is 0 Å². The van der Waals surface area contributed by atoms with Gasteiger partial charge in [-0.15, -0.1) is 0 Å². The van der Waals surface area contributed by atoms with Gasteiger partial charge in [-0.3, -0.25) is 10.1 Å². The van der Waals surface area contributed by atoms with E-state index in [4.69, 9.17) is 24.9 Å². The van der Waals surface area contributed by atoms with Gasteiger partial charge in [0.05, 0.1) is 50.0 Å². The van der Waals surface area contributed by atoms with Gasteiger partial charge >= 0.3 is 0 Å². The number of benzene rings is 1. The molecule has 7 aromatic rings. The van der Waals surface area contributed by atoms with Gasteiger partial charge in [0.25, 0.3) is 5.69 Å². The first-order valence-electron chi connectivity index (χ1n) is 16.2. The van der Waals surface area contributed by atoms with Crippen molar-refractivity contribution < 1.29 is 10.0 Å². The van der Waals surface area contributed by atoms with Gasteiger partial charge in [-0.1, -0.05) is 17.4 Å². The lowest BCUT2D eigenvalue weighted by Crippen LogP contribution is -2.14. The Balaban J connectivity index is 1.14. The van der Waals surface area contributed by atoms with Gasteiger partial charge in [0.15, 0.2) is 11.3 Å². The van der Waals surface area contributed by atoms with E-state index in [-0.39, 0.29) is 22.3 Å². The van der Waals surface area contributed by atoms with Crippen molar-refractivity contribution in [1.82, 2.24) is 29.9 Å². The number of nitro benzene ring substituents is 1. The normalized spacial score (nSPS) is 14.2. The highest BCUT2D eigenvalue weighted by Crippen LogP contribution is 2.42. The molecule has 0 fully saturated rings. The van der Waals surface area contributed by atoms with Gasteiger partial charge in [-0.25, -0.2) is 29.9 Å². The third-order valence-corrected chi connectivity index (χ3v) is 10.2. The van der Waals surface area contributed by atoms with Crippen molar-refractivity contribution in [2.75, 3.05) is 0 Å². The van der Waals surface area contributed by atoms with Crippen LogP contribution in [0.2, 0.25) is 0 Å². The molecule has 0 radical (unpaired) electrons. The highest BCUT2D eigenvalue weighted by atomic mass is 16.6. The minimum atomic E-state index is -0.448. The van der Waals surface area contributed by atoms with E-state index in [0.29, 0.717) is 35.4 Å². The Morgan fingerprint density at radius 1 is 0.583 bits per heavy atom. The van der Waals surface area contributed by atoms with Crippen LogP contribution in [0.4, 0.5) is 5.69 Å². The molecule has 0 unspecified atom stereocenters. The van der Waals surface area contributed by atoms with E-state index in [0.717, 1.165) is 87.1 Å². The van der Waals surface area contributed by atoms with Crippen molar-refractivity contribution in [3.63, 3.8) is 0 Å². The molecule has 10 rings (SSSR count). The summed E-state index contributed by atoms with van der Waals surface area (Å²) in [4.78, 5) is 41.2. The number of non-ortho nitro benzene ring substituents is 1. The molecule has 232 valence electrons.